The molecule has 0 amide bonds. The van der Waals surface area contributed by atoms with Crippen molar-refractivity contribution in [1.29, 1.82) is 0 Å². The molecule has 4 rings (SSSR count). The highest BCUT2D eigenvalue weighted by Gasteiger charge is 2.13. The van der Waals surface area contributed by atoms with Crippen molar-refractivity contribution in [2.24, 2.45) is 0 Å². The molecule has 1 aromatic heterocycles. The summed E-state index contributed by atoms with van der Waals surface area (Å²) in [6.07, 6.45) is 0.150. The summed E-state index contributed by atoms with van der Waals surface area (Å²) in [5.41, 5.74) is 2.02. The van der Waals surface area contributed by atoms with E-state index in [1.54, 1.807) is 0 Å². The molecule has 2 aromatic carbocycles. The second-order valence-electron chi connectivity index (χ2n) is 7.04. The minimum Gasteiger partial charge on any atom is -0.491 e. The van der Waals surface area contributed by atoms with Crippen LogP contribution in [-0.4, -0.2) is 22.9 Å². The summed E-state index contributed by atoms with van der Waals surface area (Å²) in [5.74, 6) is 4.55. The number of hydrogen-bond donors (Lipinski definition) is 2. The Bertz CT molecular complexity index is 990. The Labute approximate surface area is 170 Å². The van der Waals surface area contributed by atoms with Gasteiger partial charge >= 0.3 is 0 Å². The molecule has 0 aliphatic carbocycles. The number of rotatable bonds is 7. The zero-order valence-corrected chi connectivity index (χ0v) is 16.7. The fraction of sp³-hybridized carbons (Fsp3) is 0.273. The normalized spacial score (nSPS) is 12.1. The Morgan fingerprint density at radius 3 is 2.52 bits per heavy atom. The largest absolute Gasteiger partial charge is 0.491 e. The molecule has 0 spiro atoms. The van der Waals surface area contributed by atoms with Crippen molar-refractivity contribution in [1.82, 2.24) is 9.97 Å². The number of hydrogen-bond acceptors (Lipinski definition) is 7. The van der Waals surface area contributed by atoms with Gasteiger partial charge in [-0.15, -0.1) is 0 Å². The number of nitrogens with one attached hydrogen (secondary N) is 2. The first-order valence-electron chi connectivity index (χ1n) is 9.57. The van der Waals surface area contributed by atoms with Crippen LogP contribution in [0, 0.1) is 6.92 Å². The summed E-state index contributed by atoms with van der Waals surface area (Å²) < 4.78 is 16.5. The van der Waals surface area contributed by atoms with Gasteiger partial charge in [0.2, 0.25) is 6.79 Å². The number of benzene rings is 2. The van der Waals surface area contributed by atoms with E-state index in [9.17, 15) is 0 Å². The van der Waals surface area contributed by atoms with E-state index in [0.29, 0.717) is 12.4 Å². The van der Waals surface area contributed by atoms with E-state index in [4.69, 9.17) is 14.2 Å². The molecule has 0 fully saturated rings. The first-order chi connectivity index (χ1) is 14.0. The maximum atomic E-state index is 5.68. The minimum atomic E-state index is 0.150. The van der Waals surface area contributed by atoms with E-state index in [-0.39, 0.29) is 12.9 Å². The van der Waals surface area contributed by atoms with Crippen molar-refractivity contribution in [2.75, 3.05) is 17.4 Å². The average molecular weight is 392 g/mol. The highest BCUT2D eigenvalue weighted by Crippen LogP contribution is 2.32. The van der Waals surface area contributed by atoms with Gasteiger partial charge in [0.05, 0.1) is 6.10 Å². The van der Waals surface area contributed by atoms with Gasteiger partial charge in [-0.25, -0.2) is 9.97 Å². The van der Waals surface area contributed by atoms with Crippen LogP contribution in [-0.2, 0) is 6.54 Å². The molecule has 0 unspecified atom stereocenters. The van der Waals surface area contributed by atoms with E-state index in [2.05, 4.69) is 20.6 Å². The van der Waals surface area contributed by atoms with Crippen molar-refractivity contribution in [3.63, 3.8) is 0 Å². The van der Waals surface area contributed by atoms with Gasteiger partial charge in [-0.1, -0.05) is 6.07 Å². The second kappa shape index (κ2) is 8.26. The van der Waals surface area contributed by atoms with Crippen LogP contribution in [0.1, 0.15) is 25.2 Å². The summed E-state index contributed by atoms with van der Waals surface area (Å²) in [7, 11) is 0. The molecule has 150 valence electrons. The summed E-state index contributed by atoms with van der Waals surface area (Å²) in [6.45, 7) is 6.78. The first kappa shape index (κ1) is 18.9. The van der Waals surface area contributed by atoms with E-state index < -0.39 is 0 Å². The van der Waals surface area contributed by atoms with Crippen LogP contribution in [0.3, 0.4) is 0 Å². The molecule has 7 heteroatoms. The van der Waals surface area contributed by atoms with Crippen LogP contribution >= 0.6 is 0 Å². The Morgan fingerprint density at radius 2 is 1.72 bits per heavy atom. The lowest BCUT2D eigenvalue weighted by Crippen LogP contribution is -2.06. The van der Waals surface area contributed by atoms with Crippen LogP contribution < -0.4 is 24.8 Å². The summed E-state index contributed by atoms with van der Waals surface area (Å²) in [5, 5.41) is 6.66. The molecule has 0 saturated carbocycles. The molecule has 7 nitrogen and oxygen atoms in total. The third-order valence-electron chi connectivity index (χ3n) is 4.25. The van der Waals surface area contributed by atoms with Gasteiger partial charge in [0, 0.05) is 18.3 Å². The Hall–Kier alpha value is -3.48. The quantitative estimate of drug-likeness (QED) is 0.606. The Kier molecular flexibility index (Phi) is 5.37. The molecular formula is C22H24N4O3. The molecule has 1 aliphatic rings. The van der Waals surface area contributed by atoms with Crippen LogP contribution in [0.5, 0.6) is 17.2 Å². The molecular weight excluding hydrogens is 368 g/mol. The maximum absolute atomic E-state index is 5.68. The molecule has 29 heavy (non-hydrogen) atoms. The minimum absolute atomic E-state index is 0.150. The number of aryl methyl sites for hydroxylation is 1. The topological polar surface area (TPSA) is 77.5 Å². The number of anilines is 3. The summed E-state index contributed by atoms with van der Waals surface area (Å²) in [4.78, 5) is 8.94. The van der Waals surface area contributed by atoms with Gasteiger partial charge in [-0.2, -0.15) is 0 Å². The smallest absolute Gasteiger partial charge is 0.231 e. The fourth-order valence-corrected chi connectivity index (χ4v) is 3.00. The van der Waals surface area contributed by atoms with Gasteiger partial charge in [0.15, 0.2) is 11.5 Å². The van der Waals surface area contributed by atoms with E-state index in [1.807, 2.05) is 69.3 Å². The van der Waals surface area contributed by atoms with Gasteiger partial charge in [-0.05, 0) is 62.7 Å². The summed E-state index contributed by atoms with van der Waals surface area (Å²) in [6, 6.07) is 15.6. The molecule has 0 radical (unpaired) electrons. The summed E-state index contributed by atoms with van der Waals surface area (Å²) >= 11 is 0. The highest BCUT2D eigenvalue weighted by atomic mass is 16.7. The molecule has 2 heterocycles. The van der Waals surface area contributed by atoms with Gasteiger partial charge in [0.1, 0.15) is 23.2 Å². The van der Waals surface area contributed by atoms with Gasteiger partial charge in [-0.3, -0.25) is 0 Å². The first-order valence-corrected chi connectivity index (χ1v) is 9.57. The molecule has 0 saturated heterocycles. The van der Waals surface area contributed by atoms with Crippen molar-refractivity contribution >= 4 is 17.3 Å². The second-order valence-corrected chi connectivity index (χ2v) is 7.04. The zero-order valence-electron chi connectivity index (χ0n) is 16.7. The maximum Gasteiger partial charge on any atom is 0.231 e. The lowest BCUT2D eigenvalue weighted by atomic mass is 10.2. The number of ether oxygens (including phenoxy) is 3. The van der Waals surface area contributed by atoms with Crippen molar-refractivity contribution in [3.05, 3.63) is 59.9 Å². The lowest BCUT2D eigenvalue weighted by molar-refractivity contribution is 0.174. The van der Waals surface area contributed by atoms with Crippen LogP contribution in [0.25, 0.3) is 0 Å². The van der Waals surface area contributed by atoms with Crippen molar-refractivity contribution in [2.45, 2.75) is 33.4 Å². The van der Waals surface area contributed by atoms with Crippen LogP contribution in [0.4, 0.5) is 17.3 Å². The monoisotopic (exact) mass is 392 g/mol. The molecule has 1 aliphatic heterocycles. The average Bonchev–Trinajstić information content (AvgIpc) is 3.15. The Morgan fingerprint density at radius 1 is 0.966 bits per heavy atom. The number of aromatic nitrogens is 2. The number of nitrogens with zero attached hydrogens (tertiary/aromatic N) is 2. The molecule has 0 atom stereocenters. The predicted molar refractivity (Wildman–Crippen MR) is 112 cm³/mol. The Balaban J connectivity index is 1.42. The molecule has 3 aromatic rings. The van der Waals surface area contributed by atoms with E-state index in [0.717, 1.165) is 40.1 Å². The SMILES string of the molecule is Cc1nc(NCc2ccc3c(c2)OCO3)cc(Nc2ccc(OC(C)C)cc2)n1. The molecule has 2 N–H and O–H groups in total. The highest BCUT2D eigenvalue weighted by molar-refractivity contribution is 5.60. The van der Waals surface area contributed by atoms with Crippen LogP contribution in [0.2, 0.25) is 0 Å². The zero-order chi connectivity index (χ0) is 20.2. The predicted octanol–water partition coefficient (Wildman–Crippen LogP) is 4.66. The van der Waals surface area contributed by atoms with E-state index >= 15 is 0 Å². The molecule has 0 bridgehead atoms. The van der Waals surface area contributed by atoms with Gasteiger partial charge in [0.25, 0.3) is 0 Å². The van der Waals surface area contributed by atoms with E-state index in [1.165, 1.54) is 0 Å². The van der Waals surface area contributed by atoms with Crippen LogP contribution in [0.15, 0.2) is 48.5 Å². The van der Waals surface area contributed by atoms with Crippen molar-refractivity contribution in [3.8, 4) is 17.2 Å². The van der Waals surface area contributed by atoms with Gasteiger partial charge < -0.3 is 24.8 Å². The fourth-order valence-electron chi connectivity index (χ4n) is 3.00. The third-order valence-corrected chi connectivity index (χ3v) is 4.25. The lowest BCUT2D eigenvalue weighted by Gasteiger charge is -2.12. The van der Waals surface area contributed by atoms with Crippen molar-refractivity contribution < 1.29 is 14.2 Å². The standard InChI is InChI=1S/C22H24N4O3/c1-14(2)29-18-7-5-17(6-8-18)26-22-11-21(24-15(3)25-22)23-12-16-4-9-19-20(10-16)28-13-27-19/h4-11,14H,12-13H2,1-3H3,(H2,23,24,25,26). The number of fused-ring (bicyclic) bond motifs is 1. The third kappa shape index (κ3) is 4.87.